The highest BCUT2D eigenvalue weighted by atomic mass is 14.4. The molecule has 0 aromatic rings. The maximum absolute atomic E-state index is 2.36. The fourth-order valence-electron chi connectivity index (χ4n) is 2.42. The van der Waals surface area contributed by atoms with Gasteiger partial charge in [-0.3, -0.25) is 0 Å². The van der Waals surface area contributed by atoms with E-state index in [-0.39, 0.29) is 0 Å². The number of hydrogen-bond acceptors (Lipinski definition) is 0. The molecule has 0 nitrogen and oxygen atoms in total. The monoisotopic (exact) mass is 156 g/mol. The van der Waals surface area contributed by atoms with E-state index in [0.717, 1.165) is 11.8 Å². The molecule has 0 radical (unpaired) electrons. The van der Waals surface area contributed by atoms with Crippen LogP contribution in [0.1, 0.15) is 0 Å². The van der Waals surface area contributed by atoms with Gasteiger partial charge in [-0.1, -0.05) is 48.6 Å². The van der Waals surface area contributed by atoms with Gasteiger partial charge < -0.3 is 0 Å². The molecule has 3 rings (SSSR count). The number of allylic oxidation sites excluding steroid dienone is 8. The Labute approximate surface area is 73.0 Å². The number of rotatable bonds is 0. The maximum Gasteiger partial charge on any atom is 0.00187 e. The second-order valence-corrected chi connectivity index (χ2v) is 3.85. The van der Waals surface area contributed by atoms with Crippen molar-refractivity contribution in [2.45, 2.75) is 0 Å². The lowest BCUT2D eigenvalue weighted by atomic mass is 9.63. The van der Waals surface area contributed by atoms with E-state index in [1.807, 2.05) is 0 Å². The smallest absolute Gasteiger partial charge is 0.00187 e. The average molecular weight is 156 g/mol. The number of fused-ring (bicyclic) bond motifs is 5. The third-order valence-corrected chi connectivity index (χ3v) is 3.22. The summed E-state index contributed by atoms with van der Waals surface area (Å²) in [4.78, 5) is 0. The second kappa shape index (κ2) is 2.22. The maximum atomic E-state index is 2.36. The van der Waals surface area contributed by atoms with E-state index in [4.69, 9.17) is 0 Å². The number of hydrogen-bond donors (Lipinski definition) is 0. The molecule has 12 heavy (non-hydrogen) atoms. The van der Waals surface area contributed by atoms with Gasteiger partial charge in [0.15, 0.2) is 0 Å². The van der Waals surface area contributed by atoms with Gasteiger partial charge in [-0.15, -0.1) is 0 Å². The first-order chi connectivity index (χ1) is 5.95. The molecular weight excluding hydrogens is 144 g/mol. The second-order valence-electron chi connectivity index (χ2n) is 3.85. The van der Waals surface area contributed by atoms with Crippen LogP contribution in [0.3, 0.4) is 0 Å². The van der Waals surface area contributed by atoms with Crippen molar-refractivity contribution in [1.29, 1.82) is 0 Å². The highest BCUT2D eigenvalue weighted by molar-refractivity contribution is 5.31. The van der Waals surface area contributed by atoms with Gasteiger partial charge in [0.1, 0.15) is 0 Å². The van der Waals surface area contributed by atoms with Crippen LogP contribution in [0, 0.1) is 23.7 Å². The predicted octanol–water partition coefficient (Wildman–Crippen LogP) is 2.72. The molecule has 3 aliphatic rings. The van der Waals surface area contributed by atoms with Crippen LogP contribution in [0.2, 0.25) is 0 Å². The van der Waals surface area contributed by atoms with Crippen LogP contribution in [0.4, 0.5) is 0 Å². The summed E-state index contributed by atoms with van der Waals surface area (Å²) in [6.45, 7) is 0. The lowest BCUT2D eigenvalue weighted by molar-refractivity contribution is 0.312. The summed E-state index contributed by atoms with van der Waals surface area (Å²) in [5.41, 5.74) is 0. The Kier molecular flexibility index (Phi) is 1.20. The summed E-state index contributed by atoms with van der Waals surface area (Å²) in [6, 6.07) is 0. The van der Waals surface area contributed by atoms with Crippen LogP contribution in [0.5, 0.6) is 0 Å². The van der Waals surface area contributed by atoms with Crippen LogP contribution in [0.25, 0.3) is 0 Å². The van der Waals surface area contributed by atoms with Gasteiger partial charge in [-0.25, -0.2) is 0 Å². The molecule has 4 atom stereocenters. The standard InChI is InChI=1S/C12H12/c1-2-4-10-6-5-9(3-1)11-7-8-12(10)11/h1-12H/b3-1-,4-2-. The van der Waals surface area contributed by atoms with Crippen molar-refractivity contribution in [2.75, 3.05) is 0 Å². The van der Waals surface area contributed by atoms with E-state index in [1.165, 1.54) is 0 Å². The van der Waals surface area contributed by atoms with Crippen LogP contribution >= 0.6 is 0 Å². The molecule has 0 heteroatoms. The summed E-state index contributed by atoms with van der Waals surface area (Å²) < 4.78 is 0. The van der Waals surface area contributed by atoms with E-state index in [2.05, 4.69) is 48.6 Å². The summed E-state index contributed by atoms with van der Waals surface area (Å²) in [5.74, 6) is 2.92. The van der Waals surface area contributed by atoms with E-state index in [1.54, 1.807) is 0 Å². The van der Waals surface area contributed by atoms with E-state index >= 15 is 0 Å². The van der Waals surface area contributed by atoms with Gasteiger partial charge >= 0.3 is 0 Å². The molecule has 0 saturated carbocycles. The highest BCUT2D eigenvalue weighted by Crippen LogP contribution is 2.44. The fraction of sp³-hybridized carbons (Fsp3) is 0.333. The van der Waals surface area contributed by atoms with E-state index < -0.39 is 0 Å². The highest BCUT2D eigenvalue weighted by Gasteiger charge is 2.36. The third-order valence-electron chi connectivity index (χ3n) is 3.22. The third kappa shape index (κ3) is 0.726. The van der Waals surface area contributed by atoms with Crippen molar-refractivity contribution in [3.05, 3.63) is 48.6 Å². The largest absolute Gasteiger partial charge is 0.0836 e. The first-order valence-electron chi connectivity index (χ1n) is 4.67. The molecule has 0 fully saturated rings. The minimum atomic E-state index is 0.668. The summed E-state index contributed by atoms with van der Waals surface area (Å²) in [5, 5.41) is 0. The topological polar surface area (TPSA) is 0 Å². The SMILES string of the molecule is C1=CC2/C=C\C=C/C1C1C=CC21. The van der Waals surface area contributed by atoms with Crippen LogP contribution < -0.4 is 0 Å². The van der Waals surface area contributed by atoms with Crippen molar-refractivity contribution < 1.29 is 0 Å². The Morgan fingerprint density at radius 1 is 0.500 bits per heavy atom. The lowest BCUT2D eigenvalue weighted by Crippen LogP contribution is -2.33. The van der Waals surface area contributed by atoms with Crippen LogP contribution in [0.15, 0.2) is 48.6 Å². The fourth-order valence-corrected chi connectivity index (χ4v) is 2.42. The van der Waals surface area contributed by atoms with E-state index in [0.29, 0.717) is 11.8 Å². The van der Waals surface area contributed by atoms with Crippen LogP contribution in [-0.4, -0.2) is 0 Å². The van der Waals surface area contributed by atoms with E-state index in [9.17, 15) is 0 Å². The Morgan fingerprint density at radius 2 is 1.00 bits per heavy atom. The Morgan fingerprint density at radius 3 is 1.42 bits per heavy atom. The quantitative estimate of drug-likeness (QED) is 0.473. The first-order valence-corrected chi connectivity index (χ1v) is 4.67. The average Bonchev–Trinajstić information content (AvgIpc) is 1.96. The van der Waals surface area contributed by atoms with Gasteiger partial charge in [0.05, 0.1) is 0 Å². The van der Waals surface area contributed by atoms with Crippen molar-refractivity contribution >= 4 is 0 Å². The Hall–Kier alpha value is -1.04. The molecule has 0 spiro atoms. The van der Waals surface area contributed by atoms with Gasteiger partial charge in [0.25, 0.3) is 0 Å². The van der Waals surface area contributed by atoms with Gasteiger partial charge in [0, 0.05) is 11.8 Å². The van der Waals surface area contributed by atoms with Gasteiger partial charge in [-0.2, -0.15) is 0 Å². The Balaban J connectivity index is 2.09. The first kappa shape index (κ1) is 6.47. The molecule has 0 heterocycles. The van der Waals surface area contributed by atoms with Crippen molar-refractivity contribution in [3.8, 4) is 0 Å². The summed E-state index contributed by atoms with van der Waals surface area (Å²) in [6.07, 6.45) is 18.4. The predicted molar refractivity (Wildman–Crippen MR) is 50.5 cm³/mol. The zero-order valence-corrected chi connectivity index (χ0v) is 6.93. The van der Waals surface area contributed by atoms with Crippen molar-refractivity contribution in [1.82, 2.24) is 0 Å². The molecule has 0 amide bonds. The minimum Gasteiger partial charge on any atom is -0.0836 e. The van der Waals surface area contributed by atoms with Crippen molar-refractivity contribution in [2.24, 2.45) is 23.7 Å². The molecule has 0 aromatic carbocycles. The molecular formula is C12H12. The minimum absolute atomic E-state index is 0.668. The van der Waals surface area contributed by atoms with Crippen LogP contribution in [-0.2, 0) is 0 Å². The van der Waals surface area contributed by atoms with Crippen molar-refractivity contribution in [3.63, 3.8) is 0 Å². The lowest BCUT2D eigenvalue weighted by Gasteiger charge is -2.41. The van der Waals surface area contributed by atoms with Gasteiger partial charge in [0.2, 0.25) is 0 Å². The zero-order valence-electron chi connectivity index (χ0n) is 6.93. The Bertz CT molecular complexity index is 274. The molecule has 2 bridgehead atoms. The molecule has 60 valence electrons. The van der Waals surface area contributed by atoms with Gasteiger partial charge in [-0.05, 0) is 11.8 Å². The molecule has 4 unspecified atom stereocenters. The molecule has 0 aliphatic heterocycles. The normalized spacial score (nSPS) is 52.0. The molecule has 0 N–H and O–H groups in total. The summed E-state index contributed by atoms with van der Waals surface area (Å²) in [7, 11) is 0. The molecule has 0 saturated heterocycles. The molecule has 3 aliphatic carbocycles. The zero-order chi connectivity index (χ0) is 7.97. The summed E-state index contributed by atoms with van der Waals surface area (Å²) >= 11 is 0. The molecule has 0 aromatic heterocycles.